The van der Waals surface area contributed by atoms with E-state index in [0.29, 0.717) is 13.1 Å². The topological polar surface area (TPSA) is 43.8 Å². The Bertz CT molecular complexity index is 796. The number of piperazine rings is 1. The molecule has 2 aliphatic rings. The van der Waals surface area contributed by atoms with E-state index < -0.39 is 0 Å². The third-order valence-electron chi connectivity index (χ3n) is 5.40. The van der Waals surface area contributed by atoms with Crippen LogP contribution < -0.4 is 0 Å². The number of benzene rings is 2. The number of nitrogens with zero attached hydrogens (tertiary/aromatic N) is 2. The largest absolute Gasteiger partial charge is 0.394 e. The molecular formula is C20H20BrFN2O2. The van der Waals surface area contributed by atoms with Gasteiger partial charge in [-0.15, -0.1) is 0 Å². The van der Waals surface area contributed by atoms with Crippen molar-refractivity contribution < 1.29 is 14.3 Å². The fraction of sp³-hybridized carbons (Fsp3) is 0.350. The van der Waals surface area contributed by atoms with Gasteiger partial charge in [0.05, 0.1) is 25.2 Å². The third-order valence-corrected chi connectivity index (χ3v) is 5.93. The predicted octanol–water partition coefficient (Wildman–Crippen LogP) is 2.76. The van der Waals surface area contributed by atoms with Gasteiger partial charge in [-0.25, -0.2) is 4.39 Å². The van der Waals surface area contributed by atoms with Gasteiger partial charge in [-0.1, -0.05) is 40.2 Å². The van der Waals surface area contributed by atoms with Crippen LogP contribution in [0.1, 0.15) is 17.0 Å². The number of halogens is 2. The second kappa shape index (κ2) is 7.10. The number of aliphatic hydroxyl groups is 1. The highest BCUT2D eigenvalue weighted by atomic mass is 79.9. The highest BCUT2D eigenvalue weighted by Gasteiger charge is 2.53. The standard InChI is InChI=1S/C20H20BrFN2O2/c21-15-5-3-14(4-6-15)20-17-10-23(9-13-1-7-16(22)8-2-13)11-19(26)24(17)18(20)12-25/h1-8,17-18,20,25H,9-12H2/t17-,18+,20-/m0/s1. The number of rotatable bonds is 4. The summed E-state index contributed by atoms with van der Waals surface area (Å²) in [6, 6.07) is 14.4. The van der Waals surface area contributed by atoms with Crippen LogP contribution in [0.25, 0.3) is 0 Å². The SMILES string of the molecule is O=C1CN(Cc2ccc(F)cc2)C[C@H]2[C@H](c3ccc(Br)cc3)[C@@H](CO)N12. The minimum atomic E-state index is -0.255. The first kappa shape index (κ1) is 17.6. The highest BCUT2D eigenvalue weighted by Crippen LogP contribution is 2.43. The zero-order valence-electron chi connectivity index (χ0n) is 14.2. The van der Waals surface area contributed by atoms with Crippen LogP contribution in [0.15, 0.2) is 53.0 Å². The van der Waals surface area contributed by atoms with Crippen LogP contribution in [-0.2, 0) is 11.3 Å². The van der Waals surface area contributed by atoms with Gasteiger partial charge < -0.3 is 10.0 Å². The zero-order chi connectivity index (χ0) is 18.3. The molecular weight excluding hydrogens is 399 g/mol. The summed E-state index contributed by atoms with van der Waals surface area (Å²) in [5.41, 5.74) is 2.14. The molecule has 26 heavy (non-hydrogen) atoms. The van der Waals surface area contributed by atoms with E-state index in [9.17, 15) is 14.3 Å². The summed E-state index contributed by atoms with van der Waals surface area (Å²) in [7, 11) is 0. The highest BCUT2D eigenvalue weighted by molar-refractivity contribution is 9.10. The first-order chi connectivity index (χ1) is 12.6. The molecule has 0 bridgehead atoms. The molecule has 2 saturated heterocycles. The Kier molecular flexibility index (Phi) is 4.82. The van der Waals surface area contributed by atoms with Crippen LogP contribution in [0.2, 0.25) is 0 Å². The number of carbonyl (C=O) groups excluding carboxylic acids is 1. The van der Waals surface area contributed by atoms with Crippen LogP contribution in [0, 0.1) is 5.82 Å². The lowest BCUT2D eigenvalue weighted by atomic mass is 9.74. The second-order valence-corrected chi connectivity index (χ2v) is 7.91. The molecule has 2 fully saturated rings. The van der Waals surface area contributed by atoms with Crippen molar-refractivity contribution in [2.75, 3.05) is 19.7 Å². The van der Waals surface area contributed by atoms with E-state index in [4.69, 9.17) is 0 Å². The number of hydrogen-bond donors (Lipinski definition) is 1. The van der Waals surface area contributed by atoms with E-state index in [-0.39, 0.29) is 36.3 Å². The fourth-order valence-electron chi connectivity index (χ4n) is 4.22. The number of aliphatic hydroxyl groups excluding tert-OH is 1. The van der Waals surface area contributed by atoms with Crippen molar-refractivity contribution in [3.63, 3.8) is 0 Å². The van der Waals surface area contributed by atoms with Gasteiger partial charge in [-0.3, -0.25) is 9.69 Å². The molecule has 2 aromatic carbocycles. The average molecular weight is 419 g/mol. The molecule has 0 saturated carbocycles. The van der Waals surface area contributed by atoms with E-state index in [2.05, 4.69) is 33.0 Å². The quantitative estimate of drug-likeness (QED) is 0.829. The summed E-state index contributed by atoms with van der Waals surface area (Å²) in [5.74, 6) is -0.0708. The van der Waals surface area contributed by atoms with E-state index >= 15 is 0 Å². The maximum atomic E-state index is 13.1. The Morgan fingerprint density at radius 3 is 2.46 bits per heavy atom. The van der Waals surface area contributed by atoms with Crippen LogP contribution in [-0.4, -0.2) is 52.6 Å². The molecule has 2 aliphatic heterocycles. The van der Waals surface area contributed by atoms with Crippen LogP contribution >= 0.6 is 15.9 Å². The summed E-state index contributed by atoms with van der Waals surface area (Å²) >= 11 is 3.45. The van der Waals surface area contributed by atoms with Crippen molar-refractivity contribution in [2.45, 2.75) is 24.5 Å². The normalized spacial score (nSPS) is 25.7. The van der Waals surface area contributed by atoms with E-state index in [1.807, 2.05) is 17.0 Å². The van der Waals surface area contributed by atoms with Gasteiger partial charge in [0.2, 0.25) is 5.91 Å². The maximum absolute atomic E-state index is 13.1. The summed E-state index contributed by atoms with van der Waals surface area (Å²) in [5, 5.41) is 9.80. The molecule has 0 spiro atoms. The Morgan fingerprint density at radius 2 is 1.81 bits per heavy atom. The molecule has 0 unspecified atom stereocenters. The summed E-state index contributed by atoms with van der Waals surface area (Å²) in [6.07, 6.45) is 0. The van der Waals surface area contributed by atoms with Crippen molar-refractivity contribution in [1.29, 1.82) is 0 Å². The average Bonchev–Trinajstić information content (AvgIpc) is 2.61. The van der Waals surface area contributed by atoms with Crippen molar-refractivity contribution >= 4 is 21.8 Å². The number of hydrogen-bond acceptors (Lipinski definition) is 3. The van der Waals surface area contributed by atoms with Gasteiger partial charge in [0.25, 0.3) is 0 Å². The fourth-order valence-corrected chi connectivity index (χ4v) is 4.48. The lowest BCUT2D eigenvalue weighted by Gasteiger charge is -2.59. The van der Waals surface area contributed by atoms with Gasteiger partial charge >= 0.3 is 0 Å². The molecule has 1 N–H and O–H groups in total. The minimum absolute atomic E-state index is 0.0269. The number of carbonyl (C=O) groups is 1. The van der Waals surface area contributed by atoms with E-state index in [1.165, 1.54) is 12.1 Å². The molecule has 0 radical (unpaired) electrons. The number of fused-ring (bicyclic) bond motifs is 1. The van der Waals surface area contributed by atoms with Crippen molar-refractivity contribution in [1.82, 2.24) is 9.80 Å². The van der Waals surface area contributed by atoms with Crippen LogP contribution in [0.3, 0.4) is 0 Å². The zero-order valence-corrected chi connectivity index (χ0v) is 15.8. The predicted molar refractivity (Wildman–Crippen MR) is 100 cm³/mol. The van der Waals surface area contributed by atoms with E-state index in [1.54, 1.807) is 12.1 Å². The maximum Gasteiger partial charge on any atom is 0.237 e. The Labute approximate surface area is 160 Å². The first-order valence-electron chi connectivity index (χ1n) is 8.71. The number of amides is 1. The smallest absolute Gasteiger partial charge is 0.237 e. The molecule has 0 aliphatic carbocycles. The van der Waals surface area contributed by atoms with Crippen LogP contribution in [0.5, 0.6) is 0 Å². The summed E-state index contributed by atoms with van der Waals surface area (Å²) in [6.45, 7) is 1.67. The molecule has 3 atom stereocenters. The lowest BCUT2D eigenvalue weighted by molar-refractivity contribution is -0.162. The molecule has 4 rings (SSSR count). The van der Waals surface area contributed by atoms with Gasteiger partial charge in [0, 0.05) is 23.5 Å². The Morgan fingerprint density at radius 1 is 1.12 bits per heavy atom. The Balaban J connectivity index is 1.53. The Hall–Kier alpha value is -1.76. The third kappa shape index (κ3) is 3.17. The molecule has 136 valence electrons. The summed E-state index contributed by atoms with van der Waals surface area (Å²) in [4.78, 5) is 16.6. The lowest BCUT2D eigenvalue weighted by Crippen LogP contribution is -2.72. The van der Waals surface area contributed by atoms with Gasteiger partial charge in [0.15, 0.2) is 0 Å². The molecule has 0 aromatic heterocycles. The minimum Gasteiger partial charge on any atom is -0.394 e. The van der Waals surface area contributed by atoms with Crippen molar-refractivity contribution in [2.24, 2.45) is 0 Å². The van der Waals surface area contributed by atoms with Crippen molar-refractivity contribution in [3.05, 3.63) is 69.9 Å². The van der Waals surface area contributed by atoms with Gasteiger partial charge in [-0.05, 0) is 35.4 Å². The molecule has 1 amide bonds. The molecule has 2 heterocycles. The van der Waals surface area contributed by atoms with Crippen molar-refractivity contribution in [3.8, 4) is 0 Å². The van der Waals surface area contributed by atoms with Crippen LogP contribution in [0.4, 0.5) is 4.39 Å². The monoisotopic (exact) mass is 418 g/mol. The van der Waals surface area contributed by atoms with Gasteiger partial charge in [0.1, 0.15) is 5.82 Å². The first-order valence-corrected chi connectivity index (χ1v) is 9.50. The van der Waals surface area contributed by atoms with Gasteiger partial charge in [-0.2, -0.15) is 0 Å². The molecule has 6 heteroatoms. The summed E-state index contributed by atoms with van der Waals surface area (Å²) < 4.78 is 14.1. The second-order valence-electron chi connectivity index (χ2n) is 6.99. The molecule has 2 aromatic rings. The van der Waals surface area contributed by atoms with E-state index in [0.717, 1.165) is 22.1 Å². The molecule has 4 nitrogen and oxygen atoms in total.